The molecule has 1 amide bonds. The smallest absolute Gasteiger partial charge is 0.258 e. The van der Waals surface area contributed by atoms with Crippen LogP contribution in [0.3, 0.4) is 0 Å². The first-order chi connectivity index (χ1) is 10.3. The molecule has 0 aliphatic heterocycles. The molecule has 0 fully saturated rings. The van der Waals surface area contributed by atoms with E-state index in [-0.39, 0.29) is 10.8 Å². The average Bonchev–Trinajstić information content (AvgIpc) is 3.02. The molecule has 0 spiro atoms. The minimum absolute atomic E-state index is 0.221. The van der Waals surface area contributed by atoms with Crippen molar-refractivity contribution < 1.29 is 13.2 Å². The molecule has 22 heavy (non-hydrogen) atoms. The van der Waals surface area contributed by atoms with Crippen LogP contribution >= 0.6 is 45.3 Å². The van der Waals surface area contributed by atoms with Crippen molar-refractivity contribution >= 4 is 76.4 Å². The molecule has 1 N–H and O–H groups in total. The summed E-state index contributed by atoms with van der Waals surface area (Å²) in [4.78, 5) is 16.6. The van der Waals surface area contributed by atoms with Crippen molar-refractivity contribution in [3.05, 3.63) is 38.1 Å². The molecule has 0 atom stereocenters. The van der Waals surface area contributed by atoms with E-state index >= 15 is 0 Å². The molecule has 0 aliphatic carbocycles. The molecule has 2 aromatic heterocycles. The van der Waals surface area contributed by atoms with Crippen LogP contribution in [0.4, 0.5) is 5.13 Å². The van der Waals surface area contributed by atoms with Gasteiger partial charge in [-0.3, -0.25) is 10.1 Å². The Bertz CT molecular complexity index is 976. The van der Waals surface area contributed by atoms with Crippen LogP contribution in [-0.2, 0) is 9.84 Å². The third-order valence-electron chi connectivity index (χ3n) is 2.84. The Hall–Kier alpha value is -1.04. The fourth-order valence-corrected chi connectivity index (χ4v) is 4.74. The summed E-state index contributed by atoms with van der Waals surface area (Å²) in [5.74, 6) is -0.221. The fourth-order valence-electron chi connectivity index (χ4n) is 1.79. The van der Waals surface area contributed by atoms with Crippen LogP contribution in [0.15, 0.2) is 34.5 Å². The lowest BCUT2D eigenvalue weighted by molar-refractivity contribution is 0.102. The number of fused-ring (bicyclic) bond motifs is 1. The normalized spacial score (nSPS) is 11.7. The molecule has 114 valence electrons. The summed E-state index contributed by atoms with van der Waals surface area (Å²) in [6, 6.07) is 6.54. The lowest BCUT2D eigenvalue weighted by atomic mass is 10.3. The van der Waals surface area contributed by atoms with Gasteiger partial charge in [0.2, 0.25) is 0 Å². The van der Waals surface area contributed by atoms with Gasteiger partial charge in [-0.2, -0.15) is 0 Å². The second-order valence-electron chi connectivity index (χ2n) is 4.51. The first-order valence-electron chi connectivity index (χ1n) is 5.99. The molecule has 3 rings (SSSR count). The molecule has 0 bridgehead atoms. The SMILES string of the molecule is CS(=O)(=O)c1ccc2nc(NC(=O)c3csc(I)c3)sc2c1. The maximum Gasteiger partial charge on any atom is 0.258 e. The number of carbonyl (C=O) groups excluding carboxylic acids is 1. The number of rotatable bonds is 3. The molecule has 0 unspecified atom stereocenters. The molecule has 0 saturated heterocycles. The van der Waals surface area contributed by atoms with E-state index in [0.717, 1.165) is 13.8 Å². The van der Waals surface area contributed by atoms with Crippen molar-refractivity contribution in [1.29, 1.82) is 0 Å². The van der Waals surface area contributed by atoms with E-state index in [1.807, 2.05) is 0 Å². The number of benzene rings is 1. The van der Waals surface area contributed by atoms with Gasteiger partial charge in [0.15, 0.2) is 15.0 Å². The zero-order chi connectivity index (χ0) is 15.9. The van der Waals surface area contributed by atoms with Crippen molar-refractivity contribution in [2.75, 3.05) is 11.6 Å². The van der Waals surface area contributed by atoms with E-state index < -0.39 is 9.84 Å². The number of anilines is 1. The third-order valence-corrected chi connectivity index (χ3v) is 6.67. The van der Waals surface area contributed by atoms with Gasteiger partial charge in [0.05, 0.1) is 23.6 Å². The van der Waals surface area contributed by atoms with E-state index in [1.54, 1.807) is 23.6 Å². The molecule has 0 saturated carbocycles. The van der Waals surface area contributed by atoms with Crippen molar-refractivity contribution in [3.63, 3.8) is 0 Å². The second-order valence-corrected chi connectivity index (χ2v) is 10.4. The summed E-state index contributed by atoms with van der Waals surface area (Å²) < 4.78 is 24.9. The minimum Gasteiger partial charge on any atom is -0.298 e. The predicted molar refractivity (Wildman–Crippen MR) is 97.7 cm³/mol. The number of thiophene rings is 1. The van der Waals surface area contributed by atoms with E-state index in [0.29, 0.717) is 16.2 Å². The van der Waals surface area contributed by atoms with Crippen molar-refractivity contribution in [2.45, 2.75) is 4.90 Å². The number of hydrogen-bond donors (Lipinski definition) is 1. The summed E-state index contributed by atoms with van der Waals surface area (Å²) in [5, 5.41) is 4.98. The highest BCUT2D eigenvalue weighted by molar-refractivity contribution is 14.1. The molecule has 5 nitrogen and oxygen atoms in total. The zero-order valence-electron chi connectivity index (χ0n) is 11.2. The minimum atomic E-state index is -3.26. The first kappa shape index (κ1) is 15.8. The number of nitrogens with zero attached hydrogens (tertiary/aromatic N) is 1. The summed E-state index contributed by atoms with van der Waals surface area (Å²) in [6.45, 7) is 0. The maximum atomic E-state index is 12.1. The molecule has 3 aromatic rings. The van der Waals surface area contributed by atoms with Crippen LogP contribution in [-0.4, -0.2) is 25.6 Å². The van der Waals surface area contributed by atoms with Gasteiger partial charge in [-0.1, -0.05) is 11.3 Å². The quantitative estimate of drug-likeness (QED) is 0.601. The largest absolute Gasteiger partial charge is 0.298 e. The Kier molecular flexibility index (Phi) is 4.23. The number of thiazole rings is 1. The first-order valence-corrected chi connectivity index (χ1v) is 10.7. The van der Waals surface area contributed by atoms with Crippen LogP contribution in [0.25, 0.3) is 10.2 Å². The van der Waals surface area contributed by atoms with Gasteiger partial charge in [-0.15, -0.1) is 11.3 Å². The number of halogens is 1. The van der Waals surface area contributed by atoms with Gasteiger partial charge < -0.3 is 0 Å². The molecule has 2 heterocycles. The van der Waals surface area contributed by atoms with E-state index in [9.17, 15) is 13.2 Å². The molecule has 1 aromatic carbocycles. The van der Waals surface area contributed by atoms with E-state index in [4.69, 9.17) is 0 Å². The lowest BCUT2D eigenvalue weighted by Gasteiger charge is -1.97. The van der Waals surface area contributed by atoms with Crippen LogP contribution < -0.4 is 5.32 Å². The third kappa shape index (κ3) is 3.31. The number of amides is 1. The Morgan fingerprint density at radius 3 is 2.73 bits per heavy atom. The topological polar surface area (TPSA) is 76.1 Å². The predicted octanol–water partition coefficient (Wildman–Crippen LogP) is 3.62. The van der Waals surface area contributed by atoms with Crippen LogP contribution in [0.1, 0.15) is 10.4 Å². The van der Waals surface area contributed by atoms with Gasteiger partial charge in [0.25, 0.3) is 5.91 Å². The van der Waals surface area contributed by atoms with Crippen LogP contribution in [0, 0.1) is 2.88 Å². The van der Waals surface area contributed by atoms with Crippen molar-refractivity contribution in [2.24, 2.45) is 0 Å². The van der Waals surface area contributed by atoms with Gasteiger partial charge in [-0.05, 0) is 46.9 Å². The number of hydrogen-bond acceptors (Lipinski definition) is 6. The monoisotopic (exact) mass is 464 g/mol. The highest BCUT2D eigenvalue weighted by atomic mass is 127. The van der Waals surface area contributed by atoms with Crippen LogP contribution in [0.5, 0.6) is 0 Å². The van der Waals surface area contributed by atoms with Gasteiger partial charge in [0.1, 0.15) is 0 Å². The number of carbonyl (C=O) groups is 1. The summed E-state index contributed by atoms with van der Waals surface area (Å²) in [5.41, 5.74) is 1.25. The molecule has 9 heteroatoms. The fraction of sp³-hybridized carbons (Fsp3) is 0.0769. The number of sulfone groups is 1. The highest BCUT2D eigenvalue weighted by Crippen LogP contribution is 2.28. The number of nitrogens with one attached hydrogen (secondary N) is 1. The van der Waals surface area contributed by atoms with E-state index in [2.05, 4.69) is 32.9 Å². The second kappa shape index (κ2) is 5.87. The van der Waals surface area contributed by atoms with Crippen molar-refractivity contribution in [3.8, 4) is 0 Å². The molecular formula is C13H9IN2O3S3. The van der Waals surface area contributed by atoms with E-state index in [1.165, 1.54) is 28.7 Å². The average molecular weight is 464 g/mol. The maximum absolute atomic E-state index is 12.1. The molecule has 0 radical (unpaired) electrons. The summed E-state index contributed by atoms with van der Waals surface area (Å²) in [6.07, 6.45) is 1.16. The Balaban J connectivity index is 1.90. The Labute approximate surface area is 148 Å². The van der Waals surface area contributed by atoms with Gasteiger partial charge >= 0.3 is 0 Å². The van der Waals surface area contributed by atoms with Crippen molar-refractivity contribution in [1.82, 2.24) is 4.98 Å². The highest BCUT2D eigenvalue weighted by Gasteiger charge is 2.13. The number of aromatic nitrogens is 1. The molecule has 0 aliphatic rings. The Morgan fingerprint density at radius 2 is 2.09 bits per heavy atom. The standard InChI is InChI=1S/C13H9IN2O3S3/c1-22(18,19)8-2-3-9-10(5-8)21-13(15-9)16-12(17)7-4-11(14)20-6-7/h2-6H,1H3,(H,15,16,17). The van der Waals surface area contributed by atoms with Crippen LogP contribution in [0.2, 0.25) is 0 Å². The zero-order valence-corrected chi connectivity index (χ0v) is 15.8. The summed E-state index contributed by atoms with van der Waals surface area (Å²) >= 11 is 4.90. The van der Waals surface area contributed by atoms with Gasteiger partial charge in [-0.25, -0.2) is 13.4 Å². The summed E-state index contributed by atoms with van der Waals surface area (Å²) in [7, 11) is -3.26. The lowest BCUT2D eigenvalue weighted by Crippen LogP contribution is -2.10. The van der Waals surface area contributed by atoms with Gasteiger partial charge in [0, 0.05) is 11.6 Å². The molecular weight excluding hydrogens is 455 g/mol. The Morgan fingerprint density at radius 1 is 1.32 bits per heavy atom.